The number of furan rings is 1. The zero-order chi connectivity index (χ0) is 13.7. The van der Waals surface area contributed by atoms with Gasteiger partial charge < -0.3 is 14.8 Å². The average Bonchev–Trinajstić information content (AvgIpc) is 2.82. The van der Waals surface area contributed by atoms with Gasteiger partial charge in [0.05, 0.1) is 12.5 Å². The van der Waals surface area contributed by atoms with E-state index in [0.717, 1.165) is 11.3 Å². The van der Waals surface area contributed by atoms with Gasteiger partial charge in [-0.15, -0.1) is 0 Å². The van der Waals surface area contributed by atoms with E-state index in [2.05, 4.69) is 5.32 Å². The first-order valence-corrected chi connectivity index (χ1v) is 6.20. The molecule has 0 spiro atoms. The first kappa shape index (κ1) is 13.4. The lowest BCUT2D eigenvalue weighted by Crippen LogP contribution is -2.23. The number of rotatable bonds is 6. The lowest BCUT2D eigenvalue weighted by molar-refractivity contribution is -0.137. The van der Waals surface area contributed by atoms with Gasteiger partial charge in [-0.3, -0.25) is 4.79 Å². The molecule has 2 aromatic rings. The number of hydrogen-bond donors (Lipinski definition) is 2. The standard InChI is InChI=1S/C15H17NO3/c1-11-7-8-14(19-11)13(9-15(17)18)16-10-12-5-3-2-4-6-12/h2-8,13,16H,9-10H2,1H3,(H,17,18). The van der Waals surface area contributed by atoms with E-state index in [4.69, 9.17) is 9.52 Å². The van der Waals surface area contributed by atoms with Crippen molar-refractivity contribution in [2.75, 3.05) is 0 Å². The molecule has 1 heterocycles. The third kappa shape index (κ3) is 3.96. The Morgan fingerprint density at radius 1 is 1.26 bits per heavy atom. The first-order chi connectivity index (χ1) is 9.15. The van der Waals surface area contributed by atoms with Gasteiger partial charge in [0.2, 0.25) is 0 Å². The molecule has 0 fully saturated rings. The van der Waals surface area contributed by atoms with Crippen molar-refractivity contribution < 1.29 is 14.3 Å². The van der Waals surface area contributed by atoms with Crippen LogP contribution in [-0.4, -0.2) is 11.1 Å². The van der Waals surface area contributed by atoms with Crippen molar-refractivity contribution in [2.24, 2.45) is 0 Å². The molecular weight excluding hydrogens is 242 g/mol. The maximum absolute atomic E-state index is 10.9. The third-order valence-electron chi connectivity index (χ3n) is 2.88. The summed E-state index contributed by atoms with van der Waals surface area (Å²) in [5.41, 5.74) is 1.11. The Hall–Kier alpha value is -2.07. The fourth-order valence-corrected chi connectivity index (χ4v) is 1.93. The van der Waals surface area contributed by atoms with Gasteiger partial charge in [0.15, 0.2) is 0 Å². The van der Waals surface area contributed by atoms with Crippen molar-refractivity contribution >= 4 is 5.97 Å². The summed E-state index contributed by atoms with van der Waals surface area (Å²) in [6, 6.07) is 13.2. The van der Waals surface area contributed by atoms with Gasteiger partial charge >= 0.3 is 5.97 Å². The zero-order valence-electron chi connectivity index (χ0n) is 10.8. The molecule has 1 atom stereocenters. The van der Waals surface area contributed by atoms with Crippen molar-refractivity contribution in [3.63, 3.8) is 0 Å². The summed E-state index contributed by atoms with van der Waals surface area (Å²) in [5, 5.41) is 12.2. The number of carboxylic acids is 1. The van der Waals surface area contributed by atoms with Crippen molar-refractivity contribution in [1.82, 2.24) is 5.32 Å². The molecular formula is C15H17NO3. The summed E-state index contributed by atoms with van der Waals surface area (Å²) in [4.78, 5) is 10.9. The molecule has 0 bridgehead atoms. The maximum Gasteiger partial charge on any atom is 0.305 e. The summed E-state index contributed by atoms with van der Waals surface area (Å²) in [6.45, 7) is 2.46. The first-order valence-electron chi connectivity index (χ1n) is 6.20. The summed E-state index contributed by atoms with van der Waals surface area (Å²) in [5.74, 6) is 0.599. The topological polar surface area (TPSA) is 62.5 Å². The average molecular weight is 259 g/mol. The van der Waals surface area contributed by atoms with E-state index in [1.54, 1.807) is 0 Å². The summed E-state index contributed by atoms with van der Waals surface area (Å²) < 4.78 is 5.51. The van der Waals surface area contributed by atoms with Crippen LogP contribution in [0.3, 0.4) is 0 Å². The predicted molar refractivity (Wildman–Crippen MR) is 71.7 cm³/mol. The number of aliphatic carboxylic acids is 1. The molecule has 4 nitrogen and oxygen atoms in total. The second kappa shape index (κ2) is 6.20. The monoisotopic (exact) mass is 259 g/mol. The van der Waals surface area contributed by atoms with Crippen LogP contribution in [0.5, 0.6) is 0 Å². The van der Waals surface area contributed by atoms with Gasteiger partial charge in [0, 0.05) is 6.54 Å². The van der Waals surface area contributed by atoms with E-state index in [1.807, 2.05) is 49.4 Å². The van der Waals surface area contributed by atoms with Crippen molar-refractivity contribution in [3.8, 4) is 0 Å². The Morgan fingerprint density at radius 2 is 2.00 bits per heavy atom. The molecule has 2 rings (SSSR count). The molecule has 0 radical (unpaired) electrons. The molecule has 0 amide bonds. The molecule has 1 aromatic carbocycles. The van der Waals surface area contributed by atoms with Gasteiger partial charge in [-0.25, -0.2) is 0 Å². The molecule has 0 aliphatic carbocycles. The van der Waals surface area contributed by atoms with Crippen LogP contribution < -0.4 is 5.32 Å². The van der Waals surface area contributed by atoms with Gasteiger partial charge in [-0.2, -0.15) is 0 Å². The molecule has 2 N–H and O–H groups in total. The van der Waals surface area contributed by atoms with Crippen LogP contribution in [0.25, 0.3) is 0 Å². The second-order valence-corrected chi connectivity index (χ2v) is 4.47. The highest BCUT2D eigenvalue weighted by Crippen LogP contribution is 2.20. The molecule has 0 aliphatic heterocycles. The highest BCUT2D eigenvalue weighted by Gasteiger charge is 2.18. The highest BCUT2D eigenvalue weighted by atomic mass is 16.4. The van der Waals surface area contributed by atoms with Crippen LogP contribution >= 0.6 is 0 Å². The second-order valence-electron chi connectivity index (χ2n) is 4.47. The Balaban J connectivity index is 2.04. The summed E-state index contributed by atoms with van der Waals surface area (Å²) in [7, 11) is 0. The molecule has 1 aromatic heterocycles. The largest absolute Gasteiger partial charge is 0.481 e. The normalized spacial score (nSPS) is 12.3. The minimum Gasteiger partial charge on any atom is -0.481 e. The molecule has 0 aliphatic rings. The third-order valence-corrected chi connectivity index (χ3v) is 2.88. The Kier molecular flexibility index (Phi) is 4.36. The number of carboxylic acid groups (broad SMARTS) is 1. The number of carbonyl (C=O) groups is 1. The Labute approximate surface area is 112 Å². The Morgan fingerprint density at radius 3 is 2.58 bits per heavy atom. The molecule has 0 saturated carbocycles. The van der Waals surface area contributed by atoms with E-state index < -0.39 is 5.97 Å². The summed E-state index contributed by atoms with van der Waals surface area (Å²) in [6.07, 6.45) is -0.000211. The number of aryl methyl sites for hydroxylation is 1. The number of hydrogen-bond acceptors (Lipinski definition) is 3. The lowest BCUT2D eigenvalue weighted by Gasteiger charge is -2.14. The Bertz CT molecular complexity index is 533. The van der Waals surface area contributed by atoms with Gasteiger partial charge in [-0.05, 0) is 24.6 Å². The molecule has 0 saturated heterocycles. The molecule has 100 valence electrons. The SMILES string of the molecule is Cc1ccc(C(CC(=O)O)NCc2ccccc2)o1. The highest BCUT2D eigenvalue weighted by molar-refractivity contribution is 5.67. The van der Waals surface area contributed by atoms with E-state index in [0.29, 0.717) is 12.3 Å². The molecule has 1 unspecified atom stereocenters. The van der Waals surface area contributed by atoms with E-state index in [1.165, 1.54) is 0 Å². The lowest BCUT2D eigenvalue weighted by atomic mass is 10.1. The zero-order valence-corrected chi connectivity index (χ0v) is 10.8. The van der Waals surface area contributed by atoms with Crippen LogP contribution in [0.1, 0.15) is 29.5 Å². The quantitative estimate of drug-likeness (QED) is 0.837. The van der Waals surface area contributed by atoms with E-state index in [-0.39, 0.29) is 12.5 Å². The van der Waals surface area contributed by atoms with Crippen LogP contribution in [0.2, 0.25) is 0 Å². The van der Waals surface area contributed by atoms with Crippen LogP contribution in [0, 0.1) is 6.92 Å². The minimum atomic E-state index is -0.848. The predicted octanol–water partition coefficient (Wildman–Crippen LogP) is 2.89. The maximum atomic E-state index is 10.9. The molecule has 19 heavy (non-hydrogen) atoms. The smallest absolute Gasteiger partial charge is 0.305 e. The van der Waals surface area contributed by atoms with Gasteiger partial charge in [0.25, 0.3) is 0 Å². The van der Waals surface area contributed by atoms with Crippen LogP contribution in [0.4, 0.5) is 0 Å². The fraction of sp³-hybridized carbons (Fsp3) is 0.267. The number of nitrogens with one attached hydrogen (secondary N) is 1. The van der Waals surface area contributed by atoms with Crippen LogP contribution in [0.15, 0.2) is 46.9 Å². The van der Waals surface area contributed by atoms with Crippen LogP contribution in [-0.2, 0) is 11.3 Å². The molecule has 4 heteroatoms. The van der Waals surface area contributed by atoms with Gasteiger partial charge in [-0.1, -0.05) is 30.3 Å². The van der Waals surface area contributed by atoms with Crippen molar-refractivity contribution in [3.05, 3.63) is 59.5 Å². The van der Waals surface area contributed by atoms with E-state index >= 15 is 0 Å². The summed E-state index contributed by atoms with van der Waals surface area (Å²) >= 11 is 0. The number of benzene rings is 1. The minimum absolute atomic E-state index is 0.000211. The van der Waals surface area contributed by atoms with Crippen molar-refractivity contribution in [2.45, 2.75) is 25.9 Å². The van der Waals surface area contributed by atoms with Gasteiger partial charge in [0.1, 0.15) is 11.5 Å². The van der Waals surface area contributed by atoms with E-state index in [9.17, 15) is 4.79 Å². The van der Waals surface area contributed by atoms with Crippen molar-refractivity contribution in [1.29, 1.82) is 0 Å². The fourth-order valence-electron chi connectivity index (χ4n) is 1.93.